The van der Waals surface area contributed by atoms with Crippen molar-refractivity contribution in [3.05, 3.63) is 229 Å². The zero-order valence-corrected chi connectivity index (χ0v) is 60.1. The highest BCUT2D eigenvalue weighted by atomic mass is 16.9. The first-order chi connectivity index (χ1) is 52.2. The molecular weight excluding hydrogens is 1500 g/mol. The van der Waals surface area contributed by atoms with Crippen LogP contribution in [-0.4, -0.2) is 168 Å². The molecule has 5 unspecified atom stereocenters. The molecule has 5 atom stereocenters. The molecule has 0 aliphatic carbocycles. The number of aldehydes is 1. The number of hydrogen-bond acceptors (Lipinski definition) is 36. The molecule has 9 aromatic rings. The minimum Gasteiger partial charge on any atom is -0.502 e. The Morgan fingerprint density at radius 2 is 0.759 bits per heavy atom. The van der Waals surface area contributed by atoms with Gasteiger partial charge in [-0.2, -0.15) is 5.26 Å². The van der Waals surface area contributed by atoms with Crippen molar-refractivity contribution >= 4 is 80.8 Å². The number of aliphatic hydroxyl groups excluding tert-OH is 5. The Bertz CT molecular complexity index is 4650. The quantitative estimate of drug-likeness (QED) is 0.00606. The monoisotopic (exact) mass is 1570 g/mol. The van der Waals surface area contributed by atoms with Gasteiger partial charge in [-0.15, -0.1) is 0 Å². The normalized spacial score (nSPS) is 11.5. The summed E-state index contributed by atoms with van der Waals surface area (Å²) >= 11 is 0. The molecule has 0 saturated heterocycles. The van der Waals surface area contributed by atoms with Crippen molar-refractivity contribution in [1.29, 1.82) is 5.26 Å². The average Bonchev–Trinajstić information content (AvgIpc) is 1.72. The van der Waals surface area contributed by atoms with Crippen molar-refractivity contribution in [2.24, 2.45) is 0 Å². The van der Waals surface area contributed by atoms with Gasteiger partial charge in [0.05, 0.1) is 74.3 Å². The van der Waals surface area contributed by atoms with Crippen LogP contribution in [-0.2, 0) is 47.6 Å². The fourth-order valence-electron chi connectivity index (χ4n) is 9.06. The van der Waals surface area contributed by atoms with Crippen LogP contribution in [0.3, 0.4) is 0 Å². The molecule has 0 aliphatic heterocycles. The van der Waals surface area contributed by atoms with Gasteiger partial charge in [-0.1, -0.05) is 68.1 Å². The Morgan fingerprint density at radius 3 is 1.05 bits per heavy atom. The number of aliphatic carboxylic acids is 1. The lowest BCUT2D eigenvalue weighted by Gasteiger charge is -2.27. The number of para-hydroxylation sites is 7. The Morgan fingerprint density at radius 1 is 0.473 bits per heavy atom. The zero-order chi connectivity index (χ0) is 84.3. The number of benzene rings is 7. The van der Waals surface area contributed by atoms with Crippen LogP contribution in [0.4, 0.5) is 28.4 Å². The zero-order valence-electron chi connectivity index (χ0n) is 60.1. The van der Waals surface area contributed by atoms with Crippen LogP contribution in [0.1, 0.15) is 121 Å². The van der Waals surface area contributed by atoms with E-state index in [1.54, 1.807) is 70.2 Å². The summed E-state index contributed by atoms with van der Waals surface area (Å²) in [6.45, 7) is 14.2. The van der Waals surface area contributed by atoms with Crippen LogP contribution < -0.4 is 0 Å². The average molecular weight is 1580 g/mol. The van der Waals surface area contributed by atoms with Gasteiger partial charge in [-0.25, -0.2) is 29.1 Å². The molecule has 0 fully saturated rings. The SMILES string of the molecule is C.CCOC(C)(OCC)OCC.COC(=O)C(O)c1cccc(O)c1[N+](=O)[O-].COC(=O)C(O)c1cccc(O)c1[N+](=O)[O-].COC(=O)C(O)c1cccc2oc(C)nc12.Cc1cccc(O)c1[N+](=O)[O-].Cc1nc2c(C(O)C(=O)O)cccc2o1.N#CC(O)c1cccc(O)c1[N+](=O)[O-].O=Cc1cccc(O)c1[N+](=O)[O-]. The minimum absolute atomic E-state index is 0. The summed E-state index contributed by atoms with van der Waals surface area (Å²) < 4.78 is 39.3. The number of nitro groups is 5. The molecule has 112 heavy (non-hydrogen) atoms. The molecule has 2 aromatic heterocycles. The molecule has 7 aromatic carbocycles. The fraction of sp³-hybridized carbons (Fsp3) is 0.286. The summed E-state index contributed by atoms with van der Waals surface area (Å²) in [6, 6.07) is 30.2. The highest BCUT2D eigenvalue weighted by Gasteiger charge is 2.32. The number of rotatable bonds is 21. The van der Waals surface area contributed by atoms with E-state index in [1.807, 2.05) is 20.8 Å². The first kappa shape index (κ1) is 96.2. The number of carbonyl (C=O) groups excluding carboxylic acids is 4. The van der Waals surface area contributed by atoms with Crippen LogP contribution in [0.15, 0.2) is 136 Å². The van der Waals surface area contributed by atoms with Gasteiger partial charge in [0.1, 0.15) is 11.0 Å². The number of carboxylic acid groups (broad SMARTS) is 1. The largest absolute Gasteiger partial charge is 0.502 e. The molecule has 42 heteroatoms. The number of nitrogens with zero attached hydrogens (tertiary/aromatic N) is 8. The summed E-state index contributed by atoms with van der Waals surface area (Å²) in [7, 11) is 3.31. The molecule has 0 spiro atoms. The lowest BCUT2D eigenvalue weighted by atomic mass is 10.1. The van der Waals surface area contributed by atoms with Gasteiger partial charge in [-0.05, 0) is 94.4 Å². The number of carbonyl (C=O) groups is 5. The number of oxazole rings is 2. The topological polar surface area (TPSA) is 655 Å². The number of phenolic OH excluding ortho intramolecular Hbond substituents is 5. The second-order valence-electron chi connectivity index (χ2n) is 21.3. The molecule has 0 amide bonds. The molecule has 0 saturated carbocycles. The summed E-state index contributed by atoms with van der Waals surface area (Å²) in [5, 5.41) is 162. The van der Waals surface area contributed by atoms with E-state index in [0.717, 1.165) is 38.5 Å². The predicted molar refractivity (Wildman–Crippen MR) is 386 cm³/mol. The molecule has 2 heterocycles. The molecule has 42 nitrogen and oxygen atoms in total. The number of methoxy groups -OCH3 is 3. The molecule has 0 bridgehead atoms. The van der Waals surface area contributed by atoms with Crippen LogP contribution in [0.25, 0.3) is 22.2 Å². The number of aryl methyl sites for hydroxylation is 3. The van der Waals surface area contributed by atoms with E-state index in [9.17, 15) is 105 Å². The lowest BCUT2D eigenvalue weighted by Crippen LogP contribution is -2.35. The maximum atomic E-state index is 11.2. The van der Waals surface area contributed by atoms with Crippen LogP contribution in [0, 0.1) is 82.7 Å². The first-order valence-corrected chi connectivity index (χ1v) is 31.4. The molecule has 0 aliphatic rings. The predicted octanol–water partition coefficient (Wildman–Crippen LogP) is 9.60. The van der Waals surface area contributed by atoms with Crippen molar-refractivity contribution in [2.75, 3.05) is 41.2 Å². The third-order valence-corrected chi connectivity index (χ3v) is 13.9. The number of aliphatic hydroxyl groups is 5. The van der Waals surface area contributed by atoms with E-state index in [4.69, 9.17) is 53.8 Å². The molecule has 0 radical (unpaired) electrons. The van der Waals surface area contributed by atoms with Gasteiger partial charge in [0.15, 0.2) is 88.5 Å². The standard InChI is InChI=1S/C11H11NO4.C10H9NO4.2C9H9NO6.C8H6N2O4.C8H18O3.C7H5NO4.C7H7NO3.CH4/c1-6-12-9-7(10(13)11(14)15-2)4-3-5-8(9)16-6;1-5-11-8-6(9(12)10(13)14)3-2-4-7(8)15-5;2*1-16-9(13)8(12)5-3-2-4-6(11)7(5)10(14)15;9-4-7(12)5-2-1-3-6(11)8(5)10(13)14;1-5-9-8(4,10-6-2)11-7-3;9-4-5-2-1-3-6(10)7(5)8(11)12;1-5-3-2-4-6(9)7(5)8(10)11;/h3-5,10,13H,1-2H3;2-4,9,12H,1H3,(H,13,14);2*2-4,8,11-12H,1H3;1-3,7,11-12H;5-7H2,1-4H3;1-4,10H;2-4,9H,1H3;1H4. The van der Waals surface area contributed by atoms with E-state index < -0.39 is 131 Å². The first-order valence-electron chi connectivity index (χ1n) is 31.4. The number of hydrogen-bond donors (Lipinski definition) is 11. The highest BCUT2D eigenvalue weighted by molar-refractivity contribution is 5.86. The third kappa shape index (κ3) is 27.5. The smallest absolute Gasteiger partial charge is 0.339 e. The van der Waals surface area contributed by atoms with Crippen molar-refractivity contribution in [2.45, 2.75) is 92.4 Å². The Labute approximate surface area is 633 Å². The van der Waals surface area contributed by atoms with Crippen LogP contribution in [0.5, 0.6) is 28.7 Å². The van der Waals surface area contributed by atoms with Gasteiger partial charge >= 0.3 is 52.3 Å². The molecule has 602 valence electrons. The number of aromatic nitrogens is 2. The summed E-state index contributed by atoms with van der Waals surface area (Å²) in [6.07, 6.45) is -7.77. The molecule has 11 N–H and O–H groups in total. The minimum atomic E-state index is -1.79. The number of carboxylic acids is 1. The third-order valence-electron chi connectivity index (χ3n) is 13.9. The van der Waals surface area contributed by atoms with E-state index in [1.165, 1.54) is 73.8 Å². The van der Waals surface area contributed by atoms with Crippen molar-refractivity contribution in [3.63, 3.8) is 0 Å². The van der Waals surface area contributed by atoms with Gasteiger partial charge < -0.3 is 93.4 Å². The number of esters is 3. The maximum absolute atomic E-state index is 11.2. The van der Waals surface area contributed by atoms with Gasteiger partial charge in [0, 0.05) is 57.3 Å². The molecular formula is C70H78N8O34. The Kier molecular flexibility index (Phi) is 39.9. The number of fused-ring (bicyclic) bond motifs is 2. The Hall–Kier alpha value is -13.8. The second-order valence-corrected chi connectivity index (χ2v) is 21.3. The van der Waals surface area contributed by atoms with E-state index >= 15 is 0 Å². The van der Waals surface area contributed by atoms with E-state index in [-0.39, 0.29) is 46.7 Å². The van der Waals surface area contributed by atoms with E-state index in [0.29, 0.717) is 71.2 Å². The maximum Gasteiger partial charge on any atom is 0.339 e. The summed E-state index contributed by atoms with van der Waals surface area (Å²) in [5.41, 5.74) is -0.771. The van der Waals surface area contributed by atoms with Crippen molar-refractivity contribution in [3.8, 4) is 34.8 Å². The van der Waals surface area contributed by atoms with E-state index in [2.05, 4.69) is 24.2 Å². The number of nitriles is 1. The number of nitro benzene ring substituents is 5. The Balaban J connectivity index is 0.000000642. The summed E-state index contributed by atoms with van der Waals surface area (Å²) in [4.78, 5) is 111. The highest BCUT2D eigenvalue weighted by Crippen LogP contribution is 2.37. The van der Waals surface area contributed by atoms with Gasteiger partial charge in [0.25, 0.3) is 5.97 Å². The van der Waals surface area contributed by atoms with Crippen LogP contribution in [0.2, 0.25) is 0 Å². The molecule has 9 rings (SSSR count). The van der Waals surface area contributed by atoms with Gasteiger partial charge in [-0.3, -0.25) is 55.4 Å². The van der Waals surface area contributed by atoms with Gasteiger partial charge in [0.2, 0.25) is 0 Å². The second kappa shape index (κ2) is 46.4. The number of ether oxygens (including phenoxy) is 6. The number of aromatic hydroxyl groups is 5. The fourth-order valence-corrected chi connectivity index (χ4v) is 9.06. The van der Waals surface area contributed by atoms with Crippen LogP contribution >= 0.6 is 0 Å². The number of phenols is 5. The lowest BCUT2D eigenvalue weighted by molar-refractivity contribution is -0.387. The van der Waals surface area contributed by atoms with Crippen molar-refractivity contribution < 1.29 is 142 Å². The van der Waals surface area contributed by atoms with Crippen molar-refractivity contribution in [1.82, 2.24) is 9.97 Å². The summed E-state index contributed by atoms with van der Waals surface area (Å²) in [5.74, 6) is -6.59.